The van der Waals surface area contributed by atoms with Crippen molar-refractivity contribution >= 4 is 17.4 Å². The van der Waals surface area contributed by atoms with Gasteiger partial charge in [-0.25, -0.2) is 0 Å². The molecule has 1 aromatic heterocycles. The first-order chi connectivity index (χ1) is 21.0. The number of aromatic nitrogens is 1. The van der Waals surface area contributed by atoms with Crippen molar-refractivity contribution < 1.29 is 33.6 Å². The van der Waals surface area contributed by atoms with Crippen LogP contribution in [0, 0.1) is 0 Å². The number of amides is 1. The van der Waals surface area contributed by atoms with E-state index in [0.717, 1.165) is 11.1 Å². The number of pyridine rings is 1. The molecule has 0 aliphatic carbocycles. The summed E-state index contributed by atoms with van der Waals surface area (Å²) in [6, 6.07) is 22.7. The molecule has 9 heteroatoms. The molecule has 2 aliphatic heterocycles. The summed E-state index contributed by atoms with van der Waals surface area (Å²) in [5, 5.41) is 11.6. The van der Waals surface area contributed by atoms with E-state index in [2.05, 4.69) is 4.98 Å². The molecule has 3 heterocycles. The van der Waals surface area contributed by atoms with Crippen molar-refractivity contribution in [1.29, 1.82) is 0 Å². The van der Waals surface area contributed by atoms with E-state index in [-0.39, 0.29) is 17.9 Å². The zero-order valence-corrected chi connectivity index (χ0v) is 23.6. The number of Topliss-reactive ketones (excluding diaryl/α,β-unsaturated/α-hetero) is 1. The number of rotatable bonds is 9. The number of ether oxygens (including phenoxy) is 4. The molecule has 1 saturated heterocycles. The molecule has 0 saturated carbocycles. The molecule has 1 N–H and O–H groups in total. The lowest BCUT2D eigenvalue weighted by Crippen LogP contribution is -2.29. The van der Waals surface area contributed by atoms with Crippen LogP contribution in [0.25, 0.3) is 5.76 Å². The van der Waals surface area contributed by atoms with Gasteiger partial charge in [0.15, 0.2) is 23.0 Å². The number of ketones is 1. The molecule has 1 amide bonds. The predicted molar refractivity (Wildman–Crippen MR) is 158 cm³/mol. The number of likely N-dealkylation sites (tertiary alicyclic amines) is 1. The lowest BCUT2D eigenvalue weighted by atomic mass is 9.94. The summed E-state index contributed by atoms with van der Waals surface area (Å²) in [5.74, 6) is 0.176. The number of hydrogen-bond acceptors (Lipinski definition) is 8. The van der Waals surface area contributed by atoms with Crippen molar-refractivity contribution in [2.45, 2.75) is 26.1 Å². The van der Waals surface area contributed by atoms with Gasteiger partial charge in [-0.1, -0.05) is 36.4 Å². The van der Waals surface area contributed by atoms with Crippen LogP contribution in [0.2, 0.25) is 0 Å². The lowest BCUT2D eigenvalue weighted by Gasteiger charge is -2.26. The summed E-state index contributed by atoms with van der Waals surface area (Å²) in [5.41, 5.74) is 2.68. The molecule has 9 nitrogen and oxygen atoms in total. The molecule has 43 heavy (non-hydrogen) atoms. The molecular weight excluding hydrogens is 548 g/mol. The monoisotopic (exact) mass is 578 g/mol. The van der Waals surface area contributed by atoms with E-state index in [9.17, 15) is 14.7 Å². The van der Waals surface area contributed by atoms with Crippen molar-refractivity contribution in [3.8, 4) is 23.0 Å². The van der Waals surface area contributed by atoms with E-state index in [1.807, 2.05) is 37.3 Å². The van der Waals surface area contributed by atoms with Crippen LogP contribution in [0.5, 0.6) is 23.0 Å². The molecule has 218 valence electrons. The number of fused-ring (bicyclic) bond motifs is 1. The Labute approximate surface area is 248 Å². The fourth-order valence-corrected chi connectivity index (χ4v) is 5.24. The number of carbonyl (C=O) groups excluding carboxylic acids is 2. The number of nitrogens with zero attached hydrogens (tertiary/aromatic N) is 2. The van der Waals surface area contributed by atoms with E-state index in [1.165, 1.54) is 4.90 Å². The first kappa shape index (κ1) is 27.8. The van der Waals surface area contributed by atoms with Gasteiger partial charge in [-0.15, -0.1) is 0 Å². The molecule has 1 unspecified atom stereocenters. The number of carbonyl (C=O) groups is 2. The maximum atomic E-state index is 13.6. The van der Waals surface area contributed by atoms with Crippen molar-refractivity contribution in [2.24, 2.45) is 0 Å². The predicted octanol–water partition coefficient (Wildman–Crippen LogP) is 5.45. The third kappa shape index (κ3) is 5.74. The Morgan fingerprint density at radius 2 is 1.65 bits per heavy atom. The van der Waals surface area contributed by atoms with Gasteiger partial charge in [-0.2, -0.15) is 0 Å². The van der Waals surface area contributed by atoms with E-state index in [4.69, 9.17) is 18.9 Å². The molecule has 1 atom stereocenters. The fraction of sp³-hybridized carbons (Fsp3) is 0.206. The normalized spacial score (nSPS) is 17.1. The van der Waals surface area contributed by atoms with Gasteiger partial charge in [0.1, 0.15) is 25.6 Å². The minimum absolute atomic E-state index is 0.0314. The summed E-state index contributed by atoms with van der Waals surface area (Å²) in [6.07, 6.45) is 3.25. The highest BCUT2D eigenvalue weighted by Gasteiger charge is 2.46. The number of benzene rings is 3. The van der Waals surface area contributed by atoms with Gasteiger partial charge in [0.05, 0.1) is 18.2 Å². The second-order valence-electron chi connectivity index (χ2n) is 10.1. The van der Waals surface area contributed by atoms with Crippen LogP contribution < -0.4 is 18.9 Å². The Kier molecular flexibility index (Phi) is 7.95. The van der Waals surface area contributed by atoms with Crippen LogP contribution in [-0.2, 0) is 22.7 Å². The van der Waals surface area contributed by atoms with Gasteiger partial charge >= 0.3 is 0 Å². The van der Waals surface area contributed by atoms with Crippen LogP contribution in [0.4, 0.5) is 0 Å². The Hall–Kier alpha value is -5.31. The minimum Gasteiger partial charge on any atom is -0.507 e. The molecule has 0 spiro atoms. The summed E-state index contributed by atoms with van der Waals surface area (Å²) < 4.78 is 23.3. The van der Waals surface area contributed by atoms with Crippen LogP contribution in [-0.4, -0.2) is 46.5 Å². The molecule has 1 fully saturated rings. The Morgan fingerprint density at radius 3 is 2.42 bits per heavy atom. The average molecular weight is 579 g/mol. The highest BCUT2D eigenvalue weighted by molar-refractivity contribution is 6.46. The molecule has 0 radical (unpaired) electrons. The van der Waals surface area contributed by atoms with Gasteiger partial charge in [0, 0.05) is 24.5 Å². The smallest absolute Gasteiger partial charge is 0.295 e. The standard InChI is InChI=1S/C34H30N2O7/c1-2-40-28-18-24(8-10-27(28)43-21-23-6-4-3-5-7-23)31-30(32(37)25-9-11-26-29(19-25)42-17-16-41-26)33(38)34(39)36(31)20-22-12-14-35-15-13-22/h3-15,18-19,31,37H,2,16-17,20-21H2,1H3/b32-30+. The van der Waals surface area contributed by atoms with Crippen molar-refractivity contribution in [3.63, 3.8) is 0 Å². The molecule has 6 rings (SSSR count). The molecule has 3 aromatic carbocycles. The lowest BCUT2D eigenvalue weighted by molar-refractivity contribution is -0.140. The fourth-order valence-electron chi connectivity index (χ4n) is 5.24. The maximum Gasteiger partial charge on any atom is 0.295 e. The Morgan fingerprint density at radius 1 is 0.884 bits per heavy atom. The quantitative estimate of drug-likeness (QED) is 0.159. The zero-order valence-electron chi connectivity index (χ0n) is 23.6. The average Bonchev–Trinajstić information content (AvgIpc) is 3.29. The third-order valence-electron chi connectivity index (χ3n) is 7.28. The Bertz CT molecular complexity index is 1670. The largest absolute Gasteiger partial charge is 0.507 e. The van der Waals surface area contributed by atoms with E-state index in [1.54, 1.807) is 60.9 Å². The SMILES string of the molecule is CCOc1cc(C2/C(=C(\O)c3ccc4c(c3)OCCO4)C(=O)C(=O)N2Cc2ccncc2)ccc1OCc1ccccc1. The second-order valence-corrected chi connectivity index (χ2v) is 10.1. The maximum absolute atomic E-state index is 13.6. The minimum atomic E-state index is -0.899. The second kappa shape index (κ2) is 12.3. The summed E-state index contributed by atoms with van der Waals surface area (Å²) in [6.45, 7) is 3.50. The summed E-state index contributed by atoms with van der Waals surface area (Å²) in [4.78, 5) is 32.6. The highest BCUT2D eigenvalue weighted by Crippen LogP contribution is 2.44. The number of aliphatic hydroxyl groups is 1. The number of hydrogen-bond donors (Lipinski definition) is 1. The van der Waals surface area contributed by atoms with Crippen LogP contribution in [0.3, 0.4) is 0 Å². The van der Waals surface area contributed by atoms with Crippen LogP contribution >= 0.6 is 0 Å². The van der Waals surface area contributed by atoms with Crippen molar-refractivity contribution in [2.75, 3.05) is 19.8 Å². The van der Waals surface area contributed by atoms with Crippen LogP contribution in [0.1, 0.15) is 35.2 Å². The molecule has 2 aliphatic rings. The summed E-state index contributed by atoms with van der Waals surface area (Å²) in [7, 11) is 0. The van der Waals surface area contributed by atoms with E-state index in [0.29, 0.717) is 60.6 Å². The molecule has 4 aromatic rings. The molecule has 0 bridgehead atoms. The summed E-state index contributed by atoms with van der Waals surface area (Å²) >= 11 is 0. The van der Waals surface area contributed by atoms with Gasteiger partial charge < -0.3 is 29.0 Å². The highest BCUT2D eigenvalue weighted by atomic mass is 16.6. The van der Waals surface area contributed by atoms with Crippen LogP contribution in [0.15, 0.2) is 96.8 Å². The van der Waals surface area contributed by atoms with Gasteiger partial charge in [-0.05, 0) is 66.1 Å². The van der Waals surface area contributed by atoms with E-state index >= 15 is 0 Å². The first-order valence-electron chi connectivity index (χ1n) is 14.0. The molecular formula is C34H30N2O7. The third-order valence-corrected chi connectivity index (χ3v) is 7.28. The van der Waals surface area contributed by atoms with Gasteiger partial charge in [0.25, 0.3) is 11.7 Å². The zero-order chi connectivity index (χ0) is 29.8. The van der Waals surface area contributed by atoms with E-state index < -0.39 is 17.7 Å². The topological polar surface area (TPSA) is 107 Å². The van der Waals surface area contributed by atoms with Gasteiger partial charge in [0.2, 0.25) is 0 Å². The van der Waals surface area contributed by atoms with Crippen molar-refractivity contribution in [3.05, 3.63) is 119 Å². The van der Waals surface area contributed by atoms with Gasteiger partial charge in [-0.3, -0.25) is 14.6 Å². The van der Waals surface area contributed by atoms with Crippen molar-refractivity contribution in [1.82, 2.24) is 9.88 Å². The Balaban J connectivity index is 1.43. The number of aliphatic hydroxyl groups excluding tert-OH is 1. The first-order valence-corrected chi connectivity index (χ1v) is 14.0.